The van der Waals surface area contributed by atoms with Gasteiger partial charge in [-0.3, -0.25) is 4.79 Å². The van der Waals surface area contributed by atoms with Gasteiger partial charge in [0.25, 0.3) is 5.91 Å². The molecule has 1 unspecified atom stereocenters. The molecule has 0 bridgehead atoms. The molecule has 0 spiro atoms. The van der Waals surface area contributed by atoms with Crippen molar-refractivity contribution in [2.24, 2.45) is 0 Å². The molecule has 1 N–H and O–H groups in total. The number of aromatic nitrogens is 1. The summed E-state index contributed by atoms with van der Waals surface area (Å²) in [4.78, 5) is 18.6. The van der Waals surface area contributed by atoms with Crippen molar-refractivity contribution in [3.05, 3.63) is 64.2 Å². The number of carbonyl (C=O) groups is 1. The highest BCUT2D eigenvalue weighted by Crippen LogP contribution is 2.33. The lowest BCUT2D eigenvalue weighted by molar-refractivity contribution is 0.0954. The lowest BCUT2D eigenvalue weighted by Crippen LogP contribution is -2.21. The highest BCUT2D eigenvalue weighted by atomic mass is 32.1. The van der Waals surface area contributed by atoms with Crippen molar-refractivity contribution < 1.29 is 13.9 Å². The number of nitrogens with one attached hydrogen (secondary N) is 1. The molecule has 5 nitrogen and oxygen atoms in total. The summed E-state index contributed by atoms with van der Waals surface area (Å²) in [7, 11) is 0. The predicted molar refractivity (Wildman–Crippen MR) is 95.4 cm³/mol. The highest BCUT2D eigenvalue weighted by molar-refractivity contribution is 7.14. The molecule has 1 aromatic carbocycles. The van der Waals surface area contributed by atoms with E-state index in [0.717, 1.165) is 29.9 Å². The van der Waals surface area contributed by atoms with E-state index >= 15 is 0 Å². The first kappa shape index (κ1) is 16.1. The number of hydrogen-bond acceptors (Lipinski definition) is 5. The summed E-state index contributed by atoms with van der Waals surface area (Å²) < 4.78 is 11.1. The molecule has 1 aliphatic heterocycles. The largest absolute Gasteiger partial charge is 0.444 e. The van der Waals surface area contributed by atoms with Crippen LogP contribution in [0.5, 0.6) is 0 Å². The number of benzene rings is 1. The number of amides is 1. The molecule has 1 amide bonds. The van der Waals surface area contributed by atoms with Crippen molar-refractivity contribution in [1.29, 1.82) is 0 Å². The van der Waals surface area contributed by atoms with Crippen molar-refractivity contribution in [2.45, 2.75) is 25.5 Å². The second-order valence-electron chi connectivity index (χ2n) is 5.90. The van der Waals surface area contributed by atoms with Crippen molar-refractivity contribution in [3.8, 4) is 11.5 Å². The average molecular weight is 354 g/mol. The zero-order valence-electron chi connectivity index (χ0n) is 13.6. The minimum atomic E-state index is -0.0986. The van der Waals surface area contributed by atoms with Gasteiger partial charge in [-0.1, -0.05) is 18.2 Å². The molecule has 128 valence electrons. The summed E-state index contributed by atoms with van der Waals surface area (Å²) in [6.07, 6.45) is 3.84. The summed E-state index contributed by atoms with van der Waals surface area (Å²) >= 11 is 1.49. The van der Waals surface area contributed by atoms with E-state index in [-0.39, 0.29) is 12.0 Å². The molecule has 1 aliphatic rings. The molecular weight excluding hydrogens is 336 g/mol. The van der Waals surface area contributed by atoms with Crippen LogP contribution in [0.2, 0.25) is 0 Å². The number of carbonyl (C=O) groups excluding carboxylic acids is 1. The number of thiophene rings is 1. The number of oxazole rings is 1. The van der Waals surface area contributed by atoms with E-state index in [0.29, 0.717) is 23.0 Å². The van der Waals surface area contributed by atoms with Gasteiger partial charge >= 0.3 is 0 Å². The zero-order chi connectivity index (χ0) is 17.1. The molecule has 4 rings (SSSR count). The third-order valence-corrected chi connectivity index (χ3v) is 5.28. The van der Waals surface area contributed by atoms with Gasteiger partial charge in [-0.2, -0.15) is 0 Å². The predicted octanol–water partition coefficient (Wildman–Crippen LogP) is 4.18. The molecule has 0 saturated carbocycles. The molecule has 0 radical (unpaired) electrons. The van der Waals surface area contributed by atoms with E-state index < -0.39 is 0 Å². The van der Waals surface area contributed by atoms with Gasteiger partial charge in [-0.05, 0) is 37.1 Å². The fraction of sp³-hybridized carbons (Fsp3) is 0.263. The van der Waals surface area contributed by atoms with E-state index in [9.17, 15) is 4.79 Å². The van der Waals surface area contributed by atoms with Crippen LogP contribution < -0.4 is 5.32 Å². The van der Waals surface area contributed by atoms with Crippen molar-refractivity contribution >= 4 is 17.2 Å². The maximum absolute atomic E-state index is 12.3. The smallest absolute Gasteiger partial charge is 0.261 e. The first-order valence-electron chi connectivity index (χ1n) is 8.29. The first-order valence-corrected chi connectivity index (χ1v) is 9.10. The maximum atomic E-state index is 12.3. The highest BCUT2D eigenvalue weighted by Gasteiger charge is 2.21. The minimum absolute atomic E-state index is 0.0986. The molecule has 6 heteroatoms. The van der Waals surface area contributed by atoms with Gasteiger partial charge in [0.15, 0.2) is 0 Å². The Morgan fingerprint density at radius 3 is 2.92 bits per heavy atom. The Morgan fingerprint density at radius 2 is 2.12 bits per heavy atom. The lowest BCUT2D eigenvalue weighted by atomic mass is 10.2. The molecule has 1 atom stereocenters. The summed E-state index contributed by atoms with van der Waals surface area (Å²) in [5.41, 5.74) is 1.61. The van der Waals surface area contributed by atoms with Crippen molar-refractivity contribution in [1.82, 2.24) is 10.3 Å². The van der Waals surface area contributed by atoms with Gasteiger partial charge in [0.2, 0.25) is 5.89 Å². The Balaban J connectivity index is 1.37. The molecule has 1 saturated heterocycles. The van der Waals surface area contributed by atoms with Crippen LogP contribution in [0.1, 0.15) is 39.2 Å². The Hall–Kier alpha value is -2.44. The van der Waals surface area contributed by atoms with Crippen molar-refractivity contribution in [2.75, 3.05) is 6.61 Å². The van der Waals surface area contributed by atoms with Crippen LogP contribution in [-0.2, 0) is 11.3 Å². The van der Waals surface area contributed by atoms with E-state index in [2.05, 4.69) is 10.3 Å². The van der Waals surface area contributed by atoms with Gasteiger partial charge < -0.3 is 14.5 Å². The van der Waals surface area contributed by atoms with E-state index in [1.807, 2.05) is 42.5 Å². The Kier molecular flexibility index (Phi) is 4.63. The van der Waals surface area contributed by atoms with Gasteiger partial charge in [0.05, 0.1) is 23.2 Å². The summed E-state index contributed by atoms with van der Waals surface area (Å²) in [6.45, 7) is 1.14. The second kappa shape index (κ2) is 7.21. The van der Waals surface area contributed by atoms with Crippen LogP contribution in [0.25, 0.3) is 11.5 Å². The monoisotopic (exact) mass is 354 g/mol. The Morgan fingerprint density at radius 1 is 1.24 bits per heavy atom. The Labute approximate surface area is 149 Å². The summed E-state index contributed by atoms with van der Waals surface area (Å²) in [5, 5.41) is 2.89. The van der Waals surface area contributed by atoms with Crippen LogP contribution in [0.3, 0.4) is 0 Å². The standard InChI is InChI=1S/C19H18N2O3S/c22-18(17-9-8-16(25-17)15-7-4-10-23-15)20-11-14-12-24-19(21-14)13-5-2-1-3-6-13/h1-3,5-6,8-9,12,15H,4,7,10-11H2,(H,20,22). The third kappa shape index (κ3) is 3.65. The van der Waals surface area contributed by atoms with E-state index in [1.54, 1.807) is 6.26 Å². The normalized spacial score (nSPS) is 16.9. The van der Waals surface area contributed by atoms with Gasteiger partial charge in [0, 0.05) is 17.0 Å². The Bertz CT molecular complexity index is 850. The fourth-order valence-corrected chi connectivity index (χ4v) is 3.82. The van der Waals surface area contributed by atoms with Crippen LogP contribution in [0.15, 0.2) is 53.1 Å². The third-order valence-electron chi connectivity index (χ3n) is 4.10. The number of rotatable bonds is 5. The van der Waals surface area contributed by atoms with Crippen LogP contribution in [-0.4, -0.2) is 17.5 Å². The van der Waals surface area contributed by atoms with E-state index in [1.165, 1.54) is 11.3 Å². The minimum Gasteiger partial charge on any atom is -0.444 e. The fourth-order valence-electron chi connectivity index (χ4n) is 2.81. The molecule has 3 aromatic rings. The zero-order valence-corrected chi connectivity index (χ0v) is 14.4. The topological polar surface area (TPSA) is 64.4 Å². The molecule has 3 heterocycles. The summed E-state index contributed by atoms with van der Waals surface area (Å²) in [5.74, 6) is 0.458. The van der Waals surface area contributed by atoms with Crippen LogP contribution >= 0.6 is 11.3 Å². The first-order chi connectivity index (χ1) is 12.3. The molecule has 1 fully saturated rings. The van der Waals surface area contributed by atoms with E-state index in [4.69, 9.17) is 9.15 Å². The number of ether oxygens (including phenoxy) is 1. The van der Waals surface area contributed by atoms with Gasteiger partial charge in [0.1, 0.15) is 6.26 Å². The molecule has 0 aliphatic carbocycles. The quantitative estimate of drug-likeness (QED) is 0.746. The van der Waals surface area contributed by atoms with Gasteiger partial charge in [-0.15, -0.1) is 11.3 Å². The molecule has 2 aromatic heterocycles. The van der Waals surface area contributed by atoms with Crippen LogP contribution in [0, 0.1) is 0 Å². The SMILES string of the molecule is O=C(NCc1coc(-c2ccccc2)n1)c1ccc(C2CCCO2)s1. The maximum Gasteiger partial charge on any atom is 0.261 e. The summed E-state index contributed by atoms with van der Waals surface area (Å²) in [6, 6.07) is 13.5. The number of nitrogens with zero attached hydrogens (tertiary/aromatic N) is 1. The van der Waals surface area contributed by atoms with Crippen LogP contribution in [0.4, 0.5) is 0 Å². The average Bonchev–Trinajstić information content (AvgIpc) is 3.41. The number of hydrogen-bond donors (Lipinski definition) is 1. The second-order valence-corrected chi connectivity index (χ2v) is 7.01. The molecular formula is C19H18N2O3S. The lowest BCUT2D eigenvalue weighted by Gasteiger charge is -2.05. The van der Waals surface area contributed by atoms with Gasteiger partial charge in [-0.25, -0.2) is 4.98 Å². The molecule has 25 heavy (non-hydrogen) atoms. The van der Waals surface area contributed by atoms with Crippen molar-refractivity contribution in [3.63, 3.8) is 0 Å².